The molecule has 0 aliphatic heterocycles. The zero-order chi connectivity index (χ0) is 9.68. The van der Waals surface area contributed by atoms with Gasteiger partial charge in [0.1, 0.15) is 3.92 Å². The van der Waals surface area contributed by atoms with Crippen molar-refractivity contribution in [2.24, 2.45) is 0 Å². The van der Waals surface area contributed by atoms with Crippen LogP contribution in [0.15, 0.2) is 0 Å². The third-order valence-corrected chi connectivity index (χ3v) is 3.35. The van der Waals surface area contributed by atoms with Crippen LogP contribution in [0.1, 0.15) is 25.7 Å². The molecule has 0 aromatic heterocycles. The fraction of sp³-hybridized carbons (Fsp3) is 0.889. The Morgan fingerprint density at radius 1 is 1.62 bits per heavy atom. The Morgan fingerprint density at radius 2 is 2.23 bits per heavy atom. The minimum Gasteiger partial charge on any atom is -0.468 e. The van der Waals surface area contributed by atoms with Gasteiger partial charge in [-0.2, -0.15) is 0 Å². The average molecular weight is 297 g/mol. The van der Waals surface area contributed by atoms with Crippen LogP contribution in [0.5, 0.6) is 0 Å². The van der Waals surface area contributed by atoms with E-state index < -0.39 is 0 Å². The maximum absolute atomic E-state index is 11.0. The summed E-state index contributed by atoms with van der Waals surface area (Å²) in [6, 6.07) is 0.627. The summed E-state index contributed by atoms with van der Waals surface area (Å²) >= 11 is 2.12. The summed E-state index contributed by atoms with van der Waals surface area (Å²) in [7, 11) is 1.43. The molecular formula is C9H16INO2. The molecule has 0 saturated heterocycles. The maximum atomic E-state index is 11.0. The van der Waals surface area contributed by atoms with Gasteiger partial charge in [-0.15, -0.1) is 0 Å². The molecule has 1 rings (SSSR count). The van der Waals surface area contributed by atoms with Gasteiger partial charge in [0.05, 0.1) is 7.11 Å². The van der Waals surface area contributed by atoms with Gasteiger partial charge < -0.3 is 10.1 Å². The van der Waals surface area contributed by atoms with Crippen LogP contribution in [-0.4, -0.2) is 29.6 Å². The number of methoxy groups -OCH3 is 1. The standard InChI is InChI=1S/C9H16INO2/c1-13-9(12)8(10)6-11-7-4-2-3-5-7/h7-8,11H,2-6H2,1H3. The predicted molar refractivity (Wildman–Crippen MR) is 60.1 cm³/mol. The number of hydrogen-bond acceptors (Lipinski definition) is 3. The van der Waals surface area contributed by atoms with E-state index in [4.69, 9.17) is 0 Å². The topological polar surface area (TPSA) is 38.3 Å². The lowest BCUT2D eigenvalue weighted by molar-refractivity contribution is -0.139. The van der Waals surface area contributed by atoms with Crippen LogP contribution in [0.2, 0.25) is 0 Å². The lowest BCUT2D eigenvalue weighted by atomic mass is 10.2. The SMILES string of the molecule is COC(=O)C(I)CNC1CCCC1. The molecule has 1 unspecified atom stereocenters. The number of carbonyl (C=O) groups excluding carboxylic acids is 1. The average Bonchev–Trinajstić information content (AvgIpc) is 2.65. The van der Waals surface area contributed by atoms with Crippen LogP contribution < -0.4 is 5.32 Å². The highest BCUT2D eigenvalue weighted by Gasteiger charge is 2.19. The number of nitrogens with one attached hydrogen (secondary N) is 1. The van der Waals surface area contributed by atoms with E-state index in [1.165, 1.54) is 32.8 Å². The van der Waals surface area contributed by atoms with Crippen molar-refractivity contribution in [3.8, 4) is 0 Å². The number of hydrogen-bond donors (Lipinski definition) is 1. The summed E-state index contributed by atoms with van der Waals surface area (Å²) in [5.41, 5.74) is 0. The second-order valence-corrected chi connectivity index (χ2v) is 4.88. The van der Waals surface area contributed by atoms with Gasteiger partial charge in [0.15, 0.2) is 0 Å². The zero-order valence-electron chi connectivity index (χ0n) is 7.88. The Balaban J connectivity index is 2.13. The first-order valence-electron chi connectivity index (χ1n) is 4.69. The molecule has 1 aliphatic rings. The van der Waals surface area contributed by atoms with E-state index in [0.717, 1.165) is 6.54 Å². The summed E-state index contributed by atoms with van der Waals surface area (Å²) < 4.78 is 4.59. The molecule has 13 heavy (non-hydrogen) atoms. The van der Waals surface area contributed by atoms with E-state index in [1.54, 1.807) is 0 Å². The van der Waals surface area contributed by atoms with Gasteiger partial charge in [0.25, 0.3) is 0 Å². The van der Waals surface area contributed by atoms with Crippen molar-refractivity contribution in [3.63, 3.8) is 0 Å². The number of rotatable bonds is 4. The molecule has 1 fully saturated rings. The van der Waals surface area contributed by atoms with Gasteiger partial charge in [-0.1, -0.05) is 35.4 Å². The summed E-state index contributed by atoms with van der Waals surface area (Å²) in [6.45, 7) is 0.734. The van der Waals surface area contributed by atoms with E-state index >= 15 is 0 Å². The number of ether oxygens (including phenoxy) is 1. The smallest absolute Gasteiger partial charge is 0.319 e. The van der Waals surface area contributed by atoms with Crippen molar-refractivity contribution in [3.05, 3.63) is 0 Å². The van der Waals surface area contributed by atoms with Crippen LogP contribution in [0.4, 0.5) is 0 Å². The van der Waals surface area contributed by atoms with Crippen molar-refractivity contribution >= 4 is 28.6 Å². The van der Waals surface area contributed by atoms with Gasteiger partial charge in [-0.3, -0.25) is 4.79 Å². The second kappa shape index (κ2) is 5.80. The van der Waals surface area contributed by atoms with Crippen LogP contribution in [0.3, 0.4) is 0 Å². The lowest BCUT2D eigenvalue weighted by Crippen LogP contribution is -2.35. The normalized spacial score (nSPS) is 20.2. The molecule has 0 spiro atoms. The first kappa shape index (κ1) is 11.2. The van der Waals surface area contributed by atoms with E-state index in [0.29, 0.717) is 6.04 Å². The summed E-state index contributed by atoms with van der Waals surface area (Å²) in [6.07, 6.45) is 5.15. The summed E-state index contributed by atoms with van der Waals surface area (Å²) in [5, 5.41) is 3.39. The minimum absolute atomic E-state index is 0.0526. The Kier molecular flexibility index (Phi) is 5.01. The molecule has 1 saturated carbocycles. The molecule has 4 heteroatoms. The van der Waals surface area contributed by atoms with E-state index in [1.807, 2.05) is 0 Å². The third kappa shape index (κ3) is 3.81. The molecule has 0 amide bonds. The van der Waals surface area contributed by atoms with Gasteiger partial charge in [0.2, 0.25) is 0 Å². The summed E-state index contributed by atoms with van der Waals surface area (Å²) in [5.74, 6) is -0.133. The van der Waals surface area contributed by atoms with Crippen molar-refractivity contribution < 1.29 is 9.53 Å². The van der Waals surface area contributed by atoms with Crippen LogP contribution in [-0.2, 0) is 9.53 Å². The van der Waals surface area contributed by atoms with Crippen LogP contribution in [0, 0.1) is 0 Å². The number of esters is 1. The molecule has 1 atom stereocenters. The van der Waals surface area contributed by atoms with Crippen molar-refractivity contribution in [1.82, 2.24) is 5.32 Å². The molecule has 0 bridgehead atoms. The molecule has 1 aliphatic carbocycles. The van der Waals surface area contributed by atoms with E-state index in [9.17, 15) is 4.79 Å². The highest BCUT2D eigenvalue weighted by Crippen LogP contribution is 2.17. The van der Waals surface area contributed by atoms with Crippen LogP contribution in [0.25, 0.3) is 0 Å². The monoisotopic (exact) mass is 297 g/mol. The number of carbonyl (C=O) groups is 1. The second-order valence-electron chi connectivity index (χ2n) is 3.38. The van der Waals surface area contributed by atoms with Crippen molar-refractivity contribution in [2.45, 2.75) is 35.6 Å². The lowest BCUT2D eigenvalue weighted by Gasteiger charge is -2.13. The molecule has 0 aromatic rings. The largest absolute Gasteiger partial charge is 0.468 e. The van der Waals surface area contributed by atoms with Gasteiger partial charge >= 0.3 is 5.97 Å². The van der Waals surface area contributed by atoms with Gasteiger partial charge in [-0.25, -0.2) is 0 Å². The summed E-state index contributed by atoms with van der Waals surface area (Å²) in [4.78, 5) is 11.0. The zero-order valence-corrected chi connectivity index (χ0v) is 10.0. The highest BCUT2D eigenvalue weighted by molar-refractivity contribution is 14.1. The molecule has 0 aromatic carbocycles. The maximum Gasteiger partial charge on any atom is 0.319 e. The third-order valence-electron chi connectivity index (χ3n) is 2.40. The van der Waals surface area contributed by atoms with Gasteiger partial charge in [-0.05, 0) is 12.8 Å². The molecule has 0 radical (unpaired) electrons. The fourth-order valence-electron chi connectivity index (χ4n) is 1.61. The van der Waals surface area contributed by atoms with Crippen molar-refractivity contribution in [1.29, 1.82) is 0 Å². The molecule has 76 valence electrons. The Labute approximate surface area is 92.7 Å². The van der Waals surface area contributed by atoms with E-state index in [2.05, 4.69) is 32.6 Å². The first-order chi connectivity index (χ1) is 6.24. The van der Waals surface area contributed by atoms with Crippen LogP contribution >= 0.6 is 22.6 Å². The molecule has 1 N–H and O–H groups in total. The first-order valence-corrected chi connectivity index (χ1v) is 5.94. The fourth-order valence-corrected chi connectivity index (χ4v) is 2.12. The minimum atomic E-state index is -0.133. The quantitative estimate of drug-likeness (QED) is 0.485. The Morgan fingerprint density at radius 3 is 2.77 bits per heavy atom. The highest BCUT2D eigenvalue weighted by atomic mass is 127. The number of halogens is 1. The molecule has 3 nitrogen and oxygen atoms in total. The van der Waals surface area contributed by atoms with E-state index in [-0.39, 0.29) is 9.89 Å². The molecular weight excluding hydrogens is 281 g/mol. The van der Waals surface area contributed by atoms with Gasteiger partial charge in [0, 0.05) is 12.6 Å². The molecule has 0 heterocycles. The Bertz CT molecular complexity index is 169. The number of alkyl halides is 1. The Hall–Kier alpha value is 0.160. The van der Waals surface area contributed by atoms with Crippen molar-refractivity contribution in [2.75, 3.05) is 13.7 Å². The predicted octanol–water partition coefficient (Wildman–Crippen LogP) is 1.50.